The van der Waals surface area contributed by atoms with E-state index in [1.165, 1.54) is 36.3 Å². The molecule has 4 aromatic carbocycles. The van der Waals surface area contributed by atoms with E-state index in [1.807, 2.05) is 35.7 Å². The maximum Gasteiger partial charge on any atom is 0.160 e. The molecule has 4 heterocycles. The number of rotatable bonds is 1. The summed E-state index contributed by atoms with van der Waals surface area (Å²) >= 11 is 1.87. The molecule has 0 aliphatic carbocycles. The zero-order chi connectivity index (χ0) is 21.5. The van der Waals surface area contributed by atoms with Crippen LogP contribution in [0, 0.1) is 0 Å². The quantitative estimate of drug-likeness (QED) is 0.256. The van der Waals surface area contributed by atoms with Crippen molar-refractivity contribution in [2.24, 2.45) is 0 Å². The summed E-state index contributed by atoms with van der Waals surface area (Å²) in [5.41, 5.74) is 4.05. The third kappa shape index (κ3) is 2.16. The number of nitrogens with zero attached hydrogens (tertiary/aromatic N) is 2. The molecule has 154 valence electrons. The highest BCUT2D eigenvalue weighted by molar-refractivity contribution is 7.27. The highest BCUT2D eigenvalue weighted by Crippen LogP contribution is 2.50. The van der Waals surface area contributed by atoms with Crippen molar-refractivity contribution in [3.63, 3.8) is 0 Å². The Morgan fingerprint density at radius 1 is 0.667 bits per heavy atom. The molecular weight excluding hydrogens is 424 g/mol. The lowest BCUT2D eigenvalue weighted by Crippen LogP contribution is -1.96. The molecule has 4 aromatic heterocycles. The Hall–Kier alpha value is -4.15. The molecule has 0 unspecified atom stereocenters. The van der Waals surface area contributed by atoms with Crippen LogP contribution in [0.4, 0.5) is 0 Å². The van der Waals surface area contributed by atoms with E-state index in [2.05, 4.69) is 77.4 Å². The van der Waals surface area contributed by atoms with Crippen molar-refractivity contribution in [3.8, 4) is 5.82 Å². The molecule has 0 bridgehead atoms. The van der Waals surface area contributed by atoms with Gasteiger partial charge in [-0.15, -0.1) is 11.3 Å². The molecule has 4 heteroatoms. The second-order valence-corrected chi connectivity index (χ2v) is 9.42. The van der Waals surface area contributed by atoms with Crippen LogP contribution in [0.5, 0.6) is 0 Å². The number of hydrogen-bond donors (Lipinski definition) is 0. The van der Waals surface area contributed by atoms with Crippen LogP contribution >= 0.6 is 11.3 Å². The SMILES string of the molecule is c1ccc(-n2c3ccccc3c3c4sc5ccccc5c4c4c5ccccc5oc4c32)nc1. The maximum absolute atomic E-state index is 6.64. The van der Waals surface area contributed by atoms with Gasteiger partial charge >= 0.3 is 0 Å². The first-order valence-corrected chi connectivity index (χ1v) is 11.8. The summed E-state index contributed by atoms with van der Waals surface area (Å²) in [4.78, 5) is 4.73. The summed E-state index contributed by atoms with van der Waals surface area (Å²) in [5, 5.41) is 7.36. The van der Waals surface area contributed by atoms with Gasteiger partial charge in [-0.05, 0) is 30.3 Å². The molecule has 0 atom stereocenters. The second kappa shape index (κ2) is 6.21. The summed E-state index contributed by atoms with van der Waals surface area (Å²) in [6, 6.07) is 31.7. The first-order valence-electron chi connectivity index (χ1n) is 11.0. The van der Waals surface area contributed by atoms with Gasteiger partial charge < -0.3 is 4.42 Å². The predicted molar refractivity (Wildman–Crippen MR) is 139 cm³/mol. The van der Waals surface area contributed by atoms with Gasteiger partial charge in [-0.3, -0.25) is 4.57 Å². The Bertz CT molecular complexity index is 2030. The number of para-hydroxylation sites is 2. The first kappa shape index (κ1) is 17.4. The molecule has 8 aromatic rings. The van der Waals surface area contributed by atoms with E-state index >= 15 is 0 Å². The van der Waals surface area contributed by atoms with E-state index in [9.17, 15) is 0 Å². The Morgan fingerprint density at radius 3 is 2.30 bits per heavy atom. The minimum atomic E-state index is 0.894. The van der Waals surface area contributed by atoms with Gasteiger partial charge in [0, 0.05) is 47.9 Å². The molecule has 0 fully saturated rings. The molecule has 0 radical (unpaired) electrons. The first-order chi connectivity index (χ1) is 16.4. The lowest BCUT2D eigenvalue weighted by Gasteiger charge is -2.07. The van der Waals surface area contributed by atoms with Crippen molar-refractivity contribution in [2.45, 2.75) is 0 Å². The van der Waals surface area contributed by atoms with Crippen LogP contribution in [0.2, 0.25) is 0 Å². The molecular formula is C29H16N2OS. The van der Waals surface area contributed by atoms with Crippen LogP contribution in [0.3, 0.4) is 0 Å². The second-order valence-electron chi connectivity index (χ2n) is 8.37. The lowest BCUT2D eigenvalue weighted by molar-refractivity contribution is 0.671. The van der Waals surface area contributed by atoms with E-state index in [0.29, 0.717) is 0 Å². The van der Waals surface area contributed by atoms with Gasteiger partial charge in [0.25, 0.3) is 0 Å². The number of benzene rings is 4. The molecule has 0 saturated heterocycles. The highest BCUT2D eigenvalue weighted by atomic mass is 32.1. The zero-order valence-corrected chi connectivity index (χ0v) is 18.3. The number of thiophene rings is 1. The summed E-state index contributed by atoms with van der Waals surface area (Å²) in [5.74, 6) is 0.894. The van der Waals surface area contributed by atoms with Gasteiger partial charge in [0.1, 0.15) is 16.9 Å². The fourth-order valence-electron chi connectivity index (χ4n) is 5.34. The average Bonchev–Trinajstić information content (AvgIpc) is 3.53. The van der Waals surface area contributed by atoms with Gasteiger partial charge in [-0.1, -0.05) is 60.7 Å². The number of hydrogen-bond acceptors (Lipinski definition) is 3. The smallest absolute Gasteiger partial charge is 0.160 e. The summed E-state index contributed by atoms with van der Waals surface area (Å²) in [6.07, 6.45) is 1.85. The van der Waals surface area contributed by atoms with Gasteiger partial charge in [0.05, 0.1) is 5.52 Å². The minimum Gasteiger partial charge on any atom is -0.454 e. The molecule has 0 aliphatic heterocycles. The Labute approximate surface area is 192 Å². The molecule has 0 amide bonds. The molecule has 0 aliphatic rings. The number of aromatic nitrogens is 2. The van der Waals surface area contributed by atoms with E-state index < -0.39 is 0 Å². The van der Waals surface area contributed by atoms with Crippen molar-refractivity contribution in [2.75, 3.05) is 0 Å². The monoisotopic (exact) mass is 440 g/mol. The van der Waals surface area contributed by atoms with Crippen LogP contribution in [0.15, 0.2) is 102 Å². The Morgan fingerprint density at radius 2 is 1.42 bits per heavy atom. The maximum atomic E-state index is 6.64. The van der Waals surface area contributed by atoms with E-state index in [0.717, 1.165) is 33.4 Å². The molecule has 0 saturated carbocycles. The topological polar surface area (TPSA) is 31.0 Å². The van der Waals surface area contributed by atoms with Crippen LogP contribution in [-0.2, 0) is 0 Å². The van der Waals surface area contributed by atoms with Crippen molar-refractivity contribution in [1.82, 2.24) is 9.55 Å². The average molecular weight is 441 g/mol. The fourth-order valence-corrected chi connectivity index (χ4v) is 6.61. The van der Waals surface area contributed by atoms with Gasteiger partial charge in [0.2, 0.25) is 0 Å². The van der Waals surface area contributed by atoms with E-state index in [1.54, 1.807) is 0 Å². The van der Waals surface area contributed by atoms with Crippen molar-refractivity contribution >= 4 is 75.3 Å². The zero-order valence-electron chi connectivity index (χ0n) is 17.4. The molecule has 0 N–H and O–H groups in total. The minimum absolute atomic E-state index is 0.894. The number of fused-ring (bicyclic) bond motifs is 12. The fraction of sp³-hybridized carbons (Fsp3) is 0. The highest BCUT2D eigenvalue weighted by Gasteiger charge is 2.25. The van der Waals surface area contributed by atoms with Gasteiger partial charge in [-0.2, -0.15) is 0 Å². The molecule has 8 rings (SSSR count). The van der Waals surface area contributed by atoms with E-state index in [-0.39, 0.29) is 0 Å². The lowest BCUT2D eigenvalue weighted by atomic mass is 10.0. The number of furan rings is 1. The van der Waals surface area contributed by atoms with Crippen LogP contribution in [-0.4, -0.2) is 9.55 Å². The summed E-state index contributed by atoms with van der Waals surface area (Å²) in [6.45, 7) is 0. The normalized spacial score (nSPS) is 12.2. The standard InChI is InChI=1S/C29H16N2OS/c1-4-12-20-17(9-1)26-27(31(20)23-15-7-8-16-30-23)28-24(18-10-2-5-13-21(18)32-28)25-19-11-3-6-14-22(19)33-29(25)26/h1-16H. The third-order valence-corrected chi connectivity index (χ3v) is 7.82. The van der Waals surface area contributed by atoms with Crippen LogP contribution in [0.25, 0.3) is 69.7 Å². The van der Waals surface area contributed by atoms with E-state index in [4.69, 9.17) is 9.40 Å². The molecule has 0 spiro atoms. The van der Waals surface area contributed by atoms with Crippen molar-refractivity contribution in [1.29, 1.82) is 0 Å². The van der Waals surface area contributed by atoms with Gasteiger partial charge in [0.15, 0.2) is 5.58 Å². The largest absolute Gasteiger partial charge is 0.454 e. The van der Waals surface area contributed by atoms with Crippen LogP contribution < -0.4 is 0 Å². The summed E-state index contributed by atoms with van der Waals surface area (Å²) < 4.78 is 11.5. The Balaban J connectivity index is 1.80. The third-order valence-electron chi connectivity index (χ3n) is 6.64. The van der Waals surface area contributed by atoms with Crippen molar-refractivity contribution in [3.05, 3.63) is 97.2 Å². The number of pyridine rings is 1. The molecule has 3 nitrogen and oxygen atoms in total. The van der Waals surface area contributed by atoms with Gasteiger partial charge in [-0.25, -0.2) is 4.98 Å². The predicted octanol–water partition coefficient (Wildman–Crippen LogP) is 8.45. The summed E-state index contributed by atoms with van der Waals surface area (Å²) in [7, 11) is 0. The molecule has 33 heavy (non-hydrogen) atoms. The van der Waals surface area contributed by atoms with Crippen molar-refractivity contribution < 1.29 is 4.42 Å². The van der Waals surface area contributed by atoms with Crippen LogP contribution in [0.1, 0.15) is 0 Å². The Kier molecular flexibility index (Phi) is 3.28.